The highest BCUT2D eigenvalue weighted by Gasteiger charge is 2.34. The Morgan fingerprint density at radius 1 is 1.37 bits per heavy atom. The van der Waals surface area contributed by atoms with Gasteiger partial charge >= 0.3 is 5.97 Å². The molecule has 2 N–H and O–H groups in total. The van der Waals surface area contributed by atoms with Gasteiger partial charge in [0.1, 0.15) is 6.04 Å². The van der Waals surface area contributed by atoms with E-state index in [-0.39, 0.29) is 31.4 Å². The van der Waals surface area contributed by atoms with Crippen molar-refractivity contribution < 1.29 is 24.2 Å². The van der Waals surface area contributed by atoms with Crippen LogP contribution in [0.3, 0.4) is 0 Å². The van der Waals surface area contributed by atoms with Crippen molar-refractivity contribution in [2.45, 2.75) is 6.04 Å². The van der Waals surface area contributed by atoms with E-state index in [0.717, 1.165) is 0 Å². The molecule has 19 heavy (non-hydrogen) atoms. The average Bonchev–Trinajstić information content (AvgIpc) is 2.39. The van der Waals surface area contributed by atoms with Gasteiger partial charge in [0.05, 0.1) is 26.3 Å². The van der Waals surface area contributed by atoms with E-state index in [1.54, 1.807) is 4.90 Å². The highest BCUT2D eigenvalue weighted by atomic mass is 16.5. The van der Waals surface area contributed by atoms with Crippen LogP contribution >= 0.6 is 0 Å². The second-order valence-electron chi connectivity index (χ2n) is 4.56. The molecule has 1 atom stereocenters. The van der Waals surface area contributed by atoms with Crippen LogP contribution in [0.5, 0.6) is 0 Å². The van der Waals surface area contributed by atoms with Gasteiger partial charge in [-0.1, -0.05) is 0 Å². The van der Waals surface area contributed by atoms with Crippen molar-refractivity contribution in [2.24, 2.45) is 0 Å². The molecule has 2 fully saturated rings. The van der Waals surface area contributed by atoms with Crippen LogP contribution in [0.1, 0.15) is 0 Å². The normalized spacial score (nSPS) is 24.9. The van der Waals surface area contributed by atoms with Gasteiger partial charge < -0.3 is 20.1 Å². The first-order valence-electron chi connectivity index (χ1n) is 6.17. The van der Waals surface area contributed by atoms with Crippen molar-refractivity contribution in [1.82, 2.24) is 15.1 Å². The van der Waals surface area contributed by atoms with Crippen LogP contribution in [0.25, 0.3) is 0 Å². The molecule has 2 saturated heterocycles. The van der Waals surface area contributed by atoms with Crippen LogP contribution in [0.4, 0.5) is 0 Å². The number of hydrogen-bond acceptors (Lipinski definition) is 5. The molecule has 0 aromatic carbocycles. The summed E-state index contributed by atoms with van der Waals surface area (Å²) in [5.41, 5.74) is 0. The lowest BCUT2D eigenvalue weighted by Crippen LogP contribution is -2.60. The average molecular weight is 271 g/mol. The number of amides is 2. The molecule has 2 heterocycles. The molecule has 0 radical (unpaired) electrons. The topological polar surface area (TPSA) is 99.2 Å². The summed E-state index contributed by atoms with van der Waals surface area (Å²) >= 11 is 0. The zero-order valence-electron chi connectivity index (χ0n) is 10.5. The molecule has 1 unspecified atom stereocenters. The molecule has 106 valence electrons. The third-order valence-electron chi connectivity index (χ3n) is 3.27. The Hall–Kier alpha value is -1.67. The van der Waals surface area contributed by atoms with E-state index < -0.39 is 12.0 Å². The maximum atomic E-state index is 12.0. The number of nitrogens with zero attached hydrogens (tertiary/aromatic N) is 2. The van der Waals surface area contributed by atoms with E-state index in [0.29, 0.717) is 26.3 Å². The van der Waals surface area contributed by atoms with Crippen molar-refractivity contribution >= 4 is 17.8 Å². The number of piperazine rings is 1. The van der Waals surface area contributed by atoms with E-state index in [1.807, 2.05) is 0 Å². The zero-order chi connectivity index (χ0) is 13.8. The van der Waals surface area contributed by atoms with Crippen LogP contribution in [0, 0.1) is 0 Å². The van der Waals surface area contributed by atoms with Crippen LogP contribution in [-0.4, -0.2) is 84.7 Å². The Kier molecular flexibility index (Phi) is 4.33. The summed E-state index contributed by atoms with van der Waals surface area (Å²) in [5, 5.41) is 11.6. The predicted molar refractivity (Wildman–Crippen MR) is 63.4 cm³/mol. The Bertz CT molecular complexity index is 381. The van der Waals surface area contributed by atoms with E-state index in [1.165, 1.54) is 4.90 Å². The minimum Gasteiger partial charge on any atom is -0.480 e. The number of nitrogens with one attached hydrogen (secondary N) is 1. The molecule has 0 aromatic heterocycles. The summed E-state index contributed by atoms with van der Waals surface area (Å²) in [6, 6.07) is -0.845. The number of carboxylic acids is 1. The lowest BCUT2D eigenvalue weighted by atomic mass is 10.2. The van der Waals surface area contributed by atoms with Gasteiger partial charge in [0.25, 0.3) is 0 Å². The van der Waals surface area contributed by atoms with E-state index >= 15 is 0 Å². The number of hydrogen-bond donors (Lipinski definition) is 2. The zero-order valence-corrected chi connectivity index (χ0v) is 10.5. The summed E-state index contributed by atoms with van der Waals surface area (Å²) in [5.74, 6) is -1.45. The molecule has 2 rings (SSSR count). The minimum atomic E-state index is -1.03. The van der Waals surface area contributed by atoms with Gasteiger partial charge in [-0.15, -0.1) is 0 Å². The van der Waals surface area contributed by atoms with Crippen molar-refractivity contribution in [3.05, 3.63) is 0 Å². The smallest absolute Gasteiger partial charge is 0.322 e. The third-order valence-corrected chi connectivity index (χ3v) is 3.27. The first-order chi connectivity index (χ1) is 9.08. The number of carbonyl (C=O) groups is 3. The van der Waals surface area contributed by atoms with Crippen molar-refractivity contribution in [1.29, 1.82) is 0 Å². The lowest BCUT2D eigenvalue weighted by molar-refractivity contribution is -0.148. The predicted octanol–water partition coefficient (Wildman–Crippen LogP) is -2.27. The lowest BCUT2D eigenvalue weighted by Gasteiger charge is -2.34. The van der Waals surface area contributed by atoms with Gasteiger partial charge in [0, 0.05) is 19.6 Å². The Morgan fingerprint density at radius 3 is 2.68 bits per heavy atom. The molecule has 0 aromatic rings. The van der Waals surface area contributed by atoms with Crippen LogP contribution in [0.2, 0.25) is 0 Å². The summed E-state index contributed by atoms with van der Waals surface area (Å²) in [6.45, 7) is 1.93. The number of morpholine rings is 1. The standard InChI is InChI=1S/C11H17N3O5/c15-9-6-14(8(5-12-9)11(17)18)7-10(16)13-1-3-19-4-2-13/h8H,1-7H2,(H,12,15)(H,17,18). The molecule has 0 spiro atoms. The quantitative estimate of drug-likeness (QED) is 0.600. The first-order valence-corrected chi connectivity index (χ1v) is 6.17. The summed E-state index contributed by atoms with van der Waals surface area (Å²) in [4.78, 5) is 37.5. The molecule has 0 saturated carbocycles. The maximum Gasteiger partial charge on any atom is 0.322 e. The monoisotopic (exact) mass is 271 g/mol. The van der Waals surface area contributed by atoms with Gasteiger partial charge in [-0.3, -0.25) is 19.3 Å². The van der Waals surface area contributed by atoms with E-state index in [2.05, 4.69) is 5.32 Å². The highest BCUT2D eigenvalue weighted by Crippen LogP contribution is 2.06. The van der Waals surface area contributed by atoms with Gasteiger partial charge in [0.2, 0.25) is 11.8 Å². The minimum absolute atomic E-state index is 0.0323. The summed E-state index contributed by atoms with van der Waals surface area (Å²) < 4.78 is 5.15. The molecule has 8 heteroatoms. The van der Waals surface area contributed by atoms with Gasteiger partial charge in [-0.25, -0.2) is 0 Å². The fraction of sp³-hybridized carbons (Fsp3) is 0.727. The fourth-order valence-corrected chi connectivity index (χ4v) is 2.19. The fourth-order valence-electron chi connectivity index (χ4n) is 2.19. The number of ether oxygens (including phenoxy) is 1. The number of carbonyl (C=O) groups excluding carboxylic acids is 2. The Labute approximate surface area is 110 Å². The second-order valence-corrected chi connectivity index (χ2v) is 4.56. The number of carboxylic acid groups (broad SMARTS) is 1. The van der Waals surface area contributed by atoms with Gasteiger partial charge in [-0.05, 0) is 0 Å². The van der Waals surface area contributed by atoms with Crippen LogP contribution < -0.4 is 5.32 Å². The Morgan fingerprint density at radius 2 is 2.05 bits per heavy atom. The van der Waals surface area contributed by atoms with Gasteiger partial charge in [0.15, 0.2) is 0 Å². The molecular weight excluding hydrogens is 254 g/mol. The van der Waals surface area contributed by atoms with Crippen molar-refractivity contribution in [3.63, 3.8) is 0 Å². The molecular formula is C11H17N3O5. The Balaban J connectivity index is 1.95. The maximum absolute atomic E-state index is 12.0. The number of aliphatic carboxylic acids is 1. The highest BCUT2D eigenvalue weighted by molar-refractivity contribution is 5.85. The summed E-state index contributed by atoms with van der Waals surface area (Å²) in [7, 11) is 0. The molecule has 2 amide bonds. The molecule has 2 aliphatic rings. The van der Waals surface area contributed by atoms with Crippen molar-refractivity contribution in [3.8, 4) is 0 Å². The SMILES string of the molecule is O=C1CN(CC(=O)N2CCOCC2)C(C(=O)O)CN1. The summed E-state index contributed by atoms with van der Waals surface area (Å²) in [6.07, 6.45) is 0. The van der Waals surface area contributed by atoms with Gasteiger partial charge in [-0.2, -0.15) is 0 Å². The molecule has 0 bridgehead atoms. The first kappa shape index (κ1) is 13.8. The molecule has 0 aliphatic carbocycles. The van der Waals surface area contributed by atoms with E-state index in [4.69, 9.17) is 9.84 Å². The van der Waals surface area contributed by atoms with Crippen LogP contribution in [-0.2, 0) is 19.1 Å². The van der Waals surface area contributed by atoms with Crippen LogP contribution in [0.15, 0.2) is 0 Å². The van der Waals surface area contributed by atoms with Crippen molar-refractivity contribution in [2.75, 3.05) is 45.9 Å². The molecule has 2 aliphatic heterocycles. The molecule has 8 nitrogen and oxygen atoms in total. The largest absolute Gasteiger partial charge is 0.480 e. The number of rotatable bonds is 3. The van der Waals surface area contributed by atoms with E-state index in [9.17, 15) is 14.4 Å². The third kappa shape index (κ3) is 3.42. The second kappa shape index (κ2) is 5.98.